The predicted octanol–water partition coefficient (Wildman–Crippen LogP) is 4.05. The summed E-state index contributed by atoms with van der Waals surface area (Å²) in [6.07, 6.45) is 3.46. The van der Waals surface area contributed by atoms with E-state index in [-0.39, 0.29) is 16.8 Å². The Morgan fingerprint density at radius 2 is 2.00 bits per heavy atom. The van der Waals surface area contributed by atoms with E-state index < -0.39 is 5.97 Å². The van der Waals surface area contributed by atoms with Gasteiger partial charge in [-0.3, -0.25) is 4.79 Å². The van der Waals surface area contributed by atoms with E-state index in [0.29, 0.717) is 17.6 Å². The molecular formula is C19H15BrN2O3. The fourth-order valence-electron chi connectivity index (χ4n) is 2.60. The highest BCUT2D eigenvalue weighted by atomic mass is 79.9. The van der Waals surface area contributed by atoms with Gasteiger partial charge >= 0.3 is 5.97 Å². The van der Waals surface area contributed by atoms with Gasteiger partial charge in [0.2, 0.25) is 0 Å². The zero-order valence-electron chi connectivity index (χ0n) is 13.4. The van der Waals surface area contributed by atoms with Gasteiger partial charge in [-0.05, 0) is 42.8 Å². The van der Waals surface area contributed by atoms with E-state index >= 15 is 0 Å². The Morgan fingerprint density at radius 3 is 2.68 bits per heavy atom. The molecule has 0 amide bonds. The summed E-state index contributed by atoms with van der Waals surface area (Å²) < 4.78 is 2.50. The maximum absolute atomic E-state index is 12.7. The molecule has 2 aromatic carbocycles. The second kappa shape index (κ2) is 7.03. The molecule has 0 saturated carbocycles. The maximum atomic E-state index is 12.7. The van der Waals surface area contributed by atoms with Gasteiger partial charge in [0.15, 0.2) is 0 Å². The molecule has 0 aliphatic rings. The summed E-state index contributed by atoms with van der Waals surface area (Å²) >= 11 is 3.46. The Labute approximate surface area is 152 Å². The number of hydrogen-bond donors (Lipinski definition) is 1. The molecule has 0 unspecified atom stereocenters. The summed E-state index contributed by atoms with van der Waals surface area (Å²) in [5, 5.41) is 9.16. The average molecular weight is 399 g/mol. The van der Waals surface area contributed by atoms with Gasteiger partial charge in [0.25, 0.3) is 5.56 Å². The van der Waals surface area contributed by atoms with Crippen LogP contribution in [-0.2, 0) is 6.54 Å². The van der Waals surface area contributed by atoms with E-state index in [9.17, 15) is 9.59 Å². The molecule has 3 aromatic rings. The Bertz CT molecular complexity index is 1050. The molecule has 1 aromatic heterocycles. The molecule has 1 N–H and O–H groups in total. The van der Waals surface area contributed by atoms with Gasteiger partial charge in [-0.15, -0.1) is 0 Å². The van der Waals surface area contributed by atoms with Gasteiger partial charge in [-0.2, -0.15) is 0 Å². The molecule has 0 fully saturated rings. The number of carboxylic acid groups (broad SMARTS) is 1. The number of nitrogens with zero attached hydrogens (tertiary/aromatic N) is 2. The quantitative estimate of drug-likeness (QED) is 0.719. The topological polar surface area (TPSA) is 72.2 Å². The number of aromatic carboxylic acids is 1. The average Bonchev–Trinajstić information content (AvgIpc) is 2.60. The second-order valence-electron chi connectivity index (χ2n) is 5.41. The van der Waals surface area contributed by atoms with Crippen LogP contribution in [0.2, 0.25) is 0 Å². The molecule has 0 bridgehead atoms. The third kappa shape index (κ3) is 3.39. The van der Waals surface area contributed by atoms with Crippen LogP contribution in [0.1, 0.15) is 28.5 Å². The van der Waals surface area contributed by atoms with Crippen molar-refractivity contribution >= 4 is 45.1 Å². The molecule has 25 heavy (non-hydrogen) atoms. The molecule has 0 radical (unpaired) electrons. The largest absolute Gasteiger partial charge is 0.478 e. The van der Waals surface area contributed by atoms with Crippen molar-refractivity contribution in [1.82, 2.24) is 9.55 Å². The lowest BCUT2D eigenvalue weighted by Gasteiger charge is -2.09. The van der Waals surface area contributed by atoms with E-state index in [4.69, 9.17) is 5.11 Å². The van der Waals surface area contributed by atoms with Crippen LogP contribution in [-0.4, -0.2) is 20.6 Å². The van der Waals surface area contributed by atoms with Crippen LogP contribution in [0.25, 0.3) is 23.2 Å². The normalized spacial score (nSPS) is 11.3. The number of hydrogen-bond acceptors (Lipinski definition) is 3. The van der Waals surface area contributed by atoms with Crippen LogP contribution in [0.4, 0.5) is 0 Å². The number of fused-ring (bicyclic) bond motifs is 1. The lowest BCUT2D eigenvalue weighted by Crippen LogP contribution is -2.23. The van der Waals surface area contributed by atoms with Crippen molar-refractivity contribution in [2.24, 2.45) is 0 Å². The molecule has 126 valence electrons. The monoisotopic (exact) mass is 398 g/mol. The Kier molecular flexibility index (Phi) is 4.81. The standard InChI is InChI=1S/C19H15BrN2O3/c1-2-22-17-10-8-13(19(24)25)11-16(17)21-15(18(22)23)9-7-12-5-3-4-6-14(12)20/h3-11H,2H2,1H3,(H,24,25)/b9-7+. The maximum Gasteiger partial charge on any atom is 0.335 e. The smallest absolute Gasteiger partial charge is 0.335 e. The minimum atomic E-state index is -1.02. The first-order chi connectivity index (χ1) is 12.0. The van der Waals surface area contributed by atoms with Crippen LogP contribution in [0.15, 0.2) is 51.7 Å². The van der Waals surface area contributed by atoms with Crippen molar-refractivity contribution in [3.05, 3.63) is 74.1 Å². The van der Waals surface area contributed by atoms with Crippen molar-refractivity contribution in [2.75, 3.05) is 0 Å². The van der Waals surface area contributed by atoms with Crippen LogP contribution >= 0.6 is 15.9 Å². The summed E-state index contributed by atoms with van der Waals surface area (Å²) in [7, 11) is 0. The lowest BCUT2D eigenvalue weighted by atomic mass is 10.1. The summed E-state index contributed by atoms with van der Waals surface area (Å²) in [5.41, 5.74) is 2.23. The minimum absolute atomic E-state index is 0.141. The number of aromatic nitrogens is 2. The minimum Gasteiger partial charge on any atom is -0.478 e. The molecule has 3 rings (SSSR count). The number of benzene rings is 2. The summed E-state index contributed by atoms with van der Waals surface area (Å²) in [5.74, 6) is -1.02. The Morgan fingerprint density at radius 1 is 1.24 bits per heavy atom. The van der Waals surface area contributed by atoms with E-state index in [2.05, 4.69) is 20.9 Å². The molecule has 0 saturated heterocycles. The first-order valence-electron chi connectivity index (χ1n) is 7.71. The van der Waals surface area contributed by atoms with Crippen molar-refractivity contribution in [1.29, 1.82) is 0 Å². The van der Waals surface area contributed by atoms with E-state index in [1.165, 1.54) is 12.1 Å². The van der Waals surface area contributed by atoms with Crippen LogP contribution in [0.5, 0.6) is 0 Å². The van der Waals surface area contributed by atoms with Crippen LogP contribution < -0.4 is 5.56 Å². The molecule has 0 aliphatic heterocycles. The van der Waals surface area contributed by atoms with Crippen molar-refractivity contribution in [3.8, 4) is 0 Å². The lowest BCUT2D eigenvalue weighted by molar-refractivity contribution is 0.0697. The number of aryl methyl sites for hydroxylation is 1. The Hall–Kier alpha value is -2.73. The first kappa shape index (κ1) is 17.1. The third-order valence-corrected chi connectivity index (χ3v) is 4.58. The van der Waals surface area contributed by atoms with E-state index in [0.717, 1.165) is 10.0 Å². The molecular weight excluding hydrogens is 384 g/mol. The fraction of sp³-hybridized carbons (Fsp3) is 0.105. The van der Waals surface area contributed by atoms with Crippen molar-refractivity contribution < 1.29 is 9.90 Å². The molecule has 0 aliphatic carbocycles. The highest BCUT2D eigenvalue weighted by Gasteiger charge is 2.11. The molecule has 6 heteroatoms. The zero-order chi connectivity index (χ0) is 18.0. The molecule has 5 nitrogen and oxygen atoms in total. The van der Waals surface area contributed by atoms with Crippen molar-refractivity contribution in [2.45, 2.75) is 13.5 Å². The number of carbonyl (C=O) groups is 1. The van der Waals surface area contributed by atoms with Gasteiger partial charge in [0.05, 0.1) is 16.6 Å². The highest BCUT2D eigenvalue weighted by Crippen LogP contribution is 2.19. The number of carboxylic acids is 1. The summed E-state index contributed by atoms with van der Waals surface area (Å²) in [6, 6.07) is 12.2. The molecule has 1 heterocycles. The first-order valence-corrected chi connectivity index (χ1v) is 8.51. The number of rotatable bonds is 4. The van der Waals surface area contributed by atoms with E-state index in [1.807, 2.05) is 31.2 Å². The SMILES string of the molecule is CCn1c(=O)c(/C=C/c2ccccc2Br)nc2cc(C(=O)O)ccc21. The van der Waals surface area contributed by atoms with Gasteiger partial charge < -0.3 is 9.67 Å². The predicted molar refractivity (Wildman–Crippen MR) is 102 cm³/mol. The second-order valence-corrected chi connectivity index (χ2v) is 6.26. The zero-order valence-corrected chi connectivity index (χ0v) is 15.0. The molecule has 0 atom stereocenters. The van der Waals surface area contributed by atoms with Gasteiger partial charge in [-0.25, -0.2) is 9.78 Å². The van der Waals surface area contributed by atoms with Crippen LogP contribution in [0, 0.1) is 0 Å². The summed E-state index contributed by atoms with van der Waals surface area (Å²) in [6.45, 7) is 2.34. The summed E-state index contributed by atoms with van der Waals surface area (Å²) in [4.78, 5) is 28.2. The van der Waals surface area contributed by atoms with Gasteiger partial charge in [0.1, 0.15) is 5.69 Å². The molecule has 0 spiro atoms. The third-order valence-electron chi connectivity index (χ3n) is 3.86. The number of halogens is 1. The fourth-order valence-corrected chi connectivity index (χ4v) is 3.02. The van der Waals surface area contributed by atoms with Crippen LogP contribution in [0.3, 0.4) is 0 Å². The van der Waals surface area contributed by atoms with Gasteiger partial charge in [-0.1, -0.05) is 40.2 Å². The van der Waals surface area contributed by atoms with Crippen molar-refractivity contribution in [3.63, 3.8) is 0 Å². The van der Waals surface area contributed by atoms with E-state index in [1.54, 1.807) is 22.8 Å². The highest BCUT2D eigenvalue weighted by molar-refractivity contribution is 9.10. The van der Waals surface area contributed by atoms with Gasteiger partial charge in [0, 0.05) is 11.0 Å². The Balaban J connectivity index is 2.17.